The highest BCUT2D eigenvalue weighted by Crippen LogP contribution is 2.27. The molecule has 0 saturated carbocycles. The van der Waals surface area contributed by atoms with Gasteiger partial charge in [0.05, 0.1) is 6.26 Å². The monoisotopic (exact) mass is 297 g/mol. The Bertz CT molecular complexity index is 793. The highest BCUT2D eigenvalue weighted by molar-refractivity contribution is 6.31. The first-order chi connectivity index (χ1) is 10.3. The number of furan rings is 1. The second kappa shape index (κ2) is 5.21. The molecule has 2 nitrogen and oxygen atoms in total. The van der Waals surface area contributed by atoms with E-state index in [9.17, 15) is 0 Å². The minimum Gasteiger partial charge on any atom is -0.464 e. The third-order valence-electron chi connectivity index (χ3n) is 4.21. The lowest BCUT2D eigenvalue weighted by Crippen LogP contribution is -2.30. The van der Waals surface area contributed by atoms with E-state index in [4.69, 9.17) is 16.0 Å². The van der Waals surface area contributed by atoms with Crippen molar-refractivity contribution in [3.63, 3.8) is 0 Å². The molecular formula is C18H16ClNO. The van der Waals surface area contributed by atoms with Crippen LogP contribution in [-0.4, -0.2) is 11.4 Å². The molecule has 1 aromatic heterocycles. The van der Waals surface area contributed by atoms with Crippen LogP contribution in [-0.2, 0) is 19.5 Å². The molecule has 0 atom stereocenters. The standard InChI is InChI=1S/C18H16ClNO/c19-17-3-1-2-15-12-20(8-6-16(15)17)11-13-4-5-14-7-9-21-18(14)10-13/h1-5,7,9-10H,6,8,11-12H2. The average Bonchev–Trinajstić information content (AvgIpc) is 2.95. The van der Waals surface area contributed by atoms with Crippen molar-refractivity contribution in [3.05, 3.63) is 70.4 Å². The first-order valence-corrected chi connectivity index (χ1v) is 7.62. The molecule has 21 heavy (non-hydrogen) atoms. The Morgan fingerprint density at radius 2 is 2.10 bits per heavy atom. The number of benzene rings is 2. The van der Waals surface area contributed by atoms with Gasteiger partial charge in [0.2, 0.25) is 0 Å². The Kier molecular flexibility index (Phi) is 3.21. The minimum absolute atomic E-state index is 0.907. The van der Waals surface area contributed by atoms with Gasteiger partial charge in [0.1, 0.15) is 5.58 Å². The van der Waals surface area contributed by atoms with E-state index in [1.165, 1.54) is 16.7 Å². The topological polar surface area (TPSA) is 16.4 Å². The van der Waals surface area contributed by atoms with E-state index in [2.05, 4.69) is 29.2 Å². The number of rotatable bonds is 2. The molecule has 106 valence electrons. The molecule has 0 radical (unpaired) electrons. The Labute approximate surface area is 128 Å². The van der Waals surface area contributed by atoms with E-state index >= 15 is 0 Å². The molecule has 2 aromatic carbocycles. The van der Waals surface area contributed by atoms with Crippen LogP contribution >= 0.6 is 11.6 Å². The molecule has 0 saturated heterocycles. The molecule has 0 N–H and O–H groups in total. The van der Waals surface area contributed by atoms with Crippen molar-refractivity contribution in [2.45, 2.75) is 19.5 Å². The van der Waals surface area contributed by atoms with Crippen LogP contribution in [0.2, 0.25) is 5.02 Å². The van der Waals surface area contributed by atoms with Crippen molar-refractivity contribution < 1.29 is 4.42 Å². The third-order valence-corrected chi connectivity index (χ3v) is 4.57. The second-order valence-corrected chi connectivity index (χ2v) is 6.04. The van der Waals surface area contributed by atoms with Gasteiger partial charge in [-0.25, -0.2) is 0 Å². The molecule has 1 aliphatic rings. The quantitative estimate of drug-likeness (QED) is 0.685. The number of halogens is 1. The maximum atomic E-state index is 6.27. The molecule has 0 unspecified atom stereocenters. The van der Waals surface area contributed by atoms with Crippen molar-refractivity contribution in [1.29, 1.82) is 0 Å². The zero-order valence-corrected chi connectivity index (χ0v) is 12.4. The minimum atomic E-state index is 0.907. The summed E-state index contributed by atoms with van der Waals surface area (Å²) in [7, 11) is 0. The Morgan fingerprint density at radius 3 is 3.05 bits per heavy atom. The van der Waals surface area contributed by atoms with Gasteiger partial charge < -0.3 is 4.42 Å². The van der Waals surface area contributed by atoms with Crippen LogP contribution in [0.3, 0.4) is 0 Å². The predicted octanol–water partition coefficient (Wildman–Crippen LogP) is 4.64. The van der Waals surface area contributed by atoms with Gasteiger partial charge in [-0.2, -0.15) is 0 Å². The van der Waals surface area contributed by atoms with E-state index in [1.54, 1.807) is 6.26 Å². The number of fused-ring (bicyclic) bond motifs is 2. The van der Waals surface area contributed by atoms with E-state index in [1.807, 2.05) is 18.2 Å². The molecule has 0 spiro atoms. The molecule has 0 amide bonds. The molecule has 0 aliphatic carbocycles. The first kappa shape index (κ1) is 12.9. The van der Waals surface area contributed by atoms with Gasteiger partial charge in [-0.05, 0) is 41.3 Å². The molecule has 3 aromatic rings. The smallest absolute Gasteiger partial charge is 0.134 e. The van der Waals surface area contributed by atoms with Crippen molar-refractivity contribution >= 4 is 22.6 Å². The summed E-state index contributed by atoms with van der Waals surface area (Å²) in [6, 6.07) is 14.7. The normalized spacial score (nSPS) is 15.3. The average molecular weight is 298 g/mol. The summed E-state index contributed by atoms with van der Waals surface area (Å²) in [5.74, 6) is 0. The van der Waals surface area contributed by atoms with Gasteiger partial charge in [-0.1, -0.05) is 35.9 Å². The fraction of sp³-hybridized carbons (Fsp3) is 0.222. The second-order valence-electron chi connectivity index (χ2n) is 5.63. The van der Waals surface area contributed by atoms with E-state index in [-0.39, 0.29) is 0 Å². The zero-order valence-electron chi connectivity index (χ0n) is 11.7. The predicted molar refractivity (Wildman–Crippen MR) is 85.5 cm³/mol. The van der Waals surface area contributed by atoms with Crippen LogP contribution in [0.25, 0.3) is 11.0 Å². The van der Waals surface area contributed by atoms with Gasteiger partial charge in [0, 0.05) is 30.0 Å². The lowest BCUT2D eigenvalue weighted by molar-refractivity contribution is 0.245. The van der Waals surface area contributed by atoms with E-state index in [0.29, 0.717) is 0 Å². The summed E-state index contributed by atoms with van der Waals surface area (Å²) < 4.78 is 5.48. The van der Waals surface area contributed by atoms with Gasteiger partial charge in [-0.3, -0.25) is 4.90 Å². The molecule has 3 heteroatoms. The van der Waals surface area contributed by atoms with Gasteiger partial charge in [0.25, 0.3) is 0 Å². The first-order valence-electron chi connectivity index (χ1n) is 7.24. The third kappa shape index (κ3) is 2.45. The SMILES string of the molecule is Clc1cccc2c1CCN(Cc1ccc3ccoc3c1)C2. The van der Waals surface area contributed by atoms with Crippen LogP contribution < -0.4 is 0 Å². The number of hydrogen-bond acceptors (Lipinski definition) is 2. The van der Waals surface area contributed by atoms with Crippen LogP contribution in [0.5, 0.6) is 0 Å². The maximum absolute atomic E-state index is 6.27. The van der Waals surface area contributed by atoms with Gasteiger partial charge >= 0.3 is 0 Å². The molecule has 1 aliphatic heterocycles. The van der Waals surface area contributed by atoms with Crippen LogP contribution in [0.4, 0.5) is 0 Å². The van der Waals surface area contributed by atoms with Gasteiger partial charge in [-0.15, -0.1) is 0 Å². The van der Waals surface area contributed by atoms with Crippen LogP contribution in [0.15, 0.2) is 53.1 Å². The van der Waals surface area contributed by atoms with E-state index in [0.717, 1.165) is 42.0 Å². The number of hydrogen-bond donors (Lipinski definition) is 0. The Hall–Kier alpha value is -1.77. The largest absolute Gasteiger partial charge is 0.464 e. The van der Waals surface area contributed by atoms with E-state index < -0.39 is 0 Å². The lowest BCUT2D eigenvalue weighted by Gasteiger charge is -2.29. The fourth-order valence-electron chi connectivity index (χ4n) is 3.11. The molecule has 0 bridgehead atoms. The summed E-state index contributed by atoms with van der Waals surface area (Å²) in [6.07, 6.45) is 2.77. The summed E-state index contributed by atoms with van der Waals surface area (Å²) in [5.41, 5.74) is 4.93. The maximum Gasteiger partial charge on any atom is 0.134 e. The lowest BCUT2D eigenvalue weighted by atomic mass is 9.99. The Morgan fingerprint density at radius 1 is 1.14 bits per heavy atom. The summed E-state index contributed by atoms with van der Waals surface area (Å²) in [6.45, 7) is 2.96. The molecule has 2 heterocycles. The number of nitrogens with zero attached hydrogens (tertiary/aromatic N) is 1. The summed E-state index contributed by atoms with van der Waals surface area (Å²) in [5, 5.41) is 2.07. The van der Waals surface area contributed by atoms with Crippen molar-refractivity contribution in [3.8, 4) is 0 Å². The molecule has 4 rings (SSSR count). The highest BCUT2D eigenvalue weighted by atomic mass is 35.5. The summed E-state index contributed by atoms with van der Waals surface area (Å²) >= 11 is 6.27. The van der Waals surface area contributed by atoms with Crippen molar-refractivity contribution in [1.82, 2.24) is 4.90 Å². The van der Waals surface area contributed by atoms with Crippen LogP contribution in [0, 0.1) is 0 Å². The molecular weight excluding hydrogens is 282 g/mol. The van der Waals surface area contributed by atoms with Gasteiger partial charge in [0.15, 0.2) is 0 Å². The summed E-state index contributed by atoms with van der Waals surface area (Å²) in [4.78, 5) is 2.46. The highest BCUT2D eigenvalue weighted by Gasteiger charge is 2.18. The fourth-order valence-corrected chi connectivity index (χ4v) is 3.40. The van der Waals surface area contributed by atoms with Crippen LogP contribution in [0.1, 0.15) is 16.7 Å². The van der Waals surface area contributed by atoms with Crippen molar-refractivity contribution in [2.75, 3.05) is 6.54 Å². The zero-order chi connectivity index (χ0) is 14.2. The molecule has 0 fully saturated rings. The van der Waals surface area contributed by atoms with Crippen molar-refractivity contribution in [2.24, 2.45) is 0 Å². The Balaban J connectivity index is 1.55.